The maximum Gasteiger partial charge on any atom is 0.340 e. The highest BCUT2D eigenvalue weighted by Gasteiger charge is 2.22. The van der Waals surface area contributed by atoms with Crippen LogP contribution >= 0.6 is 11.6 Å². The van der Waals surface area contributed by atoms with Gasteiger partial charge in [-0.2, -0.15) is 0 Å². The second-order valence-corrected chi connectivity index (χ2v) is 5.89. The van der Waals surface area contributed by atoms with Crippen molar-refractivity contribution in [3.63, 3.8) is 0 Å². The van der Waals surface area contributed by atoms with Crippen molar-refractivity contribution in [2.75, 3.05) is 26.6 Å². The van der Waals surface area contributed by atoms with Gasteiger partial charge in [-0.25, -0.2) is 4.79 Å². The molecule has 0 saturated heterocycles. The minimum Gasteiger partial charge on any atom is -0.493 e. The third-order valence-electron chi connectivity index (χ3n) is 3.67. The van der Waals surface area contributed by atoms with Crippen LogP contribution in [0.1, 0.15) is 17.3 Å². The fraction of sp³-hybridized carbons (Fsp3) is 0.263. The summed E-state index contributed by atoms with van der Waals surface area (Å²) >= 11 is 5.91. The smallest absolute Gasteiger partial charge is 0.340 e. The normalized spacial score (nSPS) is 11.3. The minimum atomic E-state index is -0.845. The molecule has 1 atom stereocenters. The van der Waals surface area contributed by atoms with Crippen LogP contribution < -0.4 is 19.5 Å². The van der Waals surface area contributed by atoms with Gasteiger partial charge in [0.15, 0.2) is 17.6 Å². The summed E-state index contributed by atoms with van der Waals surface area (Å²) < 4.78 is 20.8. The predicted octanol–water partition coefficient (Wildman–Crippen LogP) is 3.55. The van der Waals surface area contributed by atoms with Gasteiger partial charge < -0.3 is 24.3 Å². The van der Waals surface area contributed by atoms with Crippen LogP contribution in [0.4, 0.5) is 5.69 Å². The van der Waals surface area contributed by atoms with Gasteiger partial charge in [0.05, 0.1) is 32.6 Å². The number of anilines is 1. The fourth-order valence-electron chi connectivity index (χ4n) is 2.29. The number of hydrogen-bond acceptors (Lipinski definition) is 6. The third kappa shape index (κ3) is 5.04. The Kier molecular flexibility index (Phi) is 6.90. The SMILES string of the molecule is COC(=O)c1cc(OC)c(OC)cc1NC(=O)[C@H](C)Oc1cccc(Cl)c1. The summed E-state index contributed by atoms with van der Waals surface area (Å²) in [7, 11) is 4.14. The van der Waals surface area contributed by atoms with Gasteiger partial charge in [-0.3, -0.25) is 4.79 Å². The first-order valence-corrected chi connectivity index (χ1v) is 8.34. The van der Waals surface area contributed by atoms with Crippen molar-refractivity contribution in [1.29, 1.82) is 0 Å². The number of amides is 1. The number of benzene rings is 2. The average Bonchev–Trinajstić information content (AvgIpc) is 2.66. The highest BCUT2D eigenvalue weighted by atomic mass is 35.5. The Morgan fingerprint density at radius 1 is 1.04 bits per heavy atom. The van der Waals surface area contributed by atoms with E-state index in [1.165, 1.54) is 33.5 Å². The van der Waals surface area contributed by atoms with E-state index in [-0.39, 0.29) is 11.3 Å². The first-order chi connectivity index (χ1) is 12.9. The van der Waals surface area contributed by atoms with E-state index in [0.29, 0.717) is 22.3 Å². The van der Waals surface area contributed by atoms with Crippen LogP contribution in [0.5, 0.6) is 17.2 Å². The minimum absolute atomic E-state index is 0.124. The number of methoxy groups -OCH3 is 3. The molecule has 0 saturated carbocycles. The fourth-order valence-corrected chi connectivity index (χ4v) is 2.47. The van der Waals surface area contributed by atoms with Crippen LogP contribution in [0.3, 0.4) is 0 Å². The van der Waals surface area contributed by atoms with Crippen molar-refractivity contribution in [2.45, 2.75) is 13.0 Å². The number of esters is 1. The molecule has 1 amide bonds. The number of hydrogen-bond donors (Lipinski definition) is 1. The molecule has 8 heteroatoms. The number of nitrogens with one attached hydrogen (secondary N) is 1. The van der Waals surface area contributed by atoms with Crippen LogP contribution in [0.15, 0.2) is 36.4 Å². The van der Waals surface area contributed by atoms with Gasteiger partial charge in [0, 0.05) is 17.2 Å². The van der Waals surface area contributed by atoms with E-state index in [4.69, 9.17) is 30.5 Å². The molecule has 27 heavy (non-hydrogen) atoms. The molecule has 1 N–H and O–H groups in total. The first-order valence-electron chi connectivity index (χ1n) is 7.97. The zero-order valence-electron chi connectivity index (χ0n) is 15.4. The Balaban J connectivity index is 2.25. The molecule has 0 bridgehead atoms. The monoisotopic (exact) mass is 393 g/mol. The summed E-state index contributed by atoms with van der Waals surface area (Å²) in [6, 6.07) is 9.61. The summed E-state index contributed by atoms with van der Waals surface area (Å²) in [6.45, 7) is 1.58. The Bertz CT molecular complexity index is 839. The molecule has 0 aliphatic rings. The van der Waals surface area contributed by atoms with E-state index in [1.807, 2.05) is 0 Å². The summed E-state index contributed by atoms with van der Waals surface area (Å²) in [6.07, 6.45) is -0.845. The molecular weight excluding hydrogens is 374 g/mol. The Labute approximate surface area is 162 Å². The van der Waals surface area contributed by atoms with E-state index < -0.39 is 18.0 Å². The maximum atomic E-state index is 12.5. The molecule has 7 nitrogen and oxygen atoms in total. The topological polar surface area (TPSA) is 83.1 Å². The zero-order chi connectivity index (χ0) is 20.0. The number of rotatable bonds is 7. The van der Waals surface area contributed by atoms with Crippen molar-refractivity contribution >= 4 is 29.2 Å². The molecule has 0 unspecified atom stereocenters. The summed E-state index contributed by atoms with van der Waals surface area (Å²) in [5, 5.41) is 3.15. The van der Waals surface area contributed by atoms with Crippen LogP contribution in [-0.2, 0) is 9.53 Å². The molecule has 0 radical (unpaired) electrons. The second-order valence-electron chi connectivity index (χ2n) is 5.45. The lowest BCUT2D eigenvalue weighted by Gasteiger charge is -2.18. The van der Waals surface area contributed by atoms with Gasteiger partial charge in [0.25, 0.3) is 5.91 Å². The molecule has 0 spiro atoms. The van der Waals surface area contributed by atoms with E-state index in [0.717, 1.165) is 0 Å². The van der Waals surface area contributed by atoms with Crippen molar-refractivity contribution in [2.24, 2.45) is 0 Å². The van der Waals surface area contributed by atoms with Crippen LogP contribution in [0, 0.1) is 0 Å². The summed E-state index contributed by atoms with van der Waals surface area (Å²) in [4.78, 5) is 24.6. The van der Waals surface area contributed by atoms with Crippen molar-refractivity contribution < 1.29 is 28.5 Å². The van der Waals surface area contributed by atoms with Gasteiger partial charge in [0.1, 0.15) is 5.75 Å². The molecule has 0 fully saturated rings. The predicted molar refractivity (Wildman–Crippen MR) is 101 cm³/mol. The lowest BCUT2D eigenvalue weighted by Crippen LogP contribution is -2.30. The van der Waals surface area contributed by atoms with E-state index >= 15 is 0 Å². The standard InChI is InChI=1S/C19H20ClNO6/c1-11(27-13-7-5-6-12(20)8-13)18(22)21-15-10-17(25-3)16(24-2)9-14(15)19(23)26-4/h5-11H,1-4H3,(H,21,22)/t11-/m0/s1. The van der Waals surface area contributed by atoms with Crippen molar-refractivity contribution in [3.8, 4) is 17.2 Å². The number of ether oxygens (including phenoxy) is 4. The van der Waals surface area contributed by atoms with Crippen molar-refractivity contribution in [3.05, 3.63) is 47.0 Å². The number of carbonyl (C=O) groups is 2. The van der Waals surface area contributed by atoms with Crippen LogP contribution in [0.25, 0.3) is 0 Å². The van der Waals surface area contributed by atoms with E-state index in [1.54, 1.807) is 31.2 Å². The number of carbonyl (C=O) groups excluding carboxylic acids is 2. The molecule has 144 valence electrons. The van der Waals surface area contributed by atoms with E-state index in [2.05, 4.69) is 5.32 Å². The first kappa shape index (κ1) is 20.4. The third-order valence-corrected chi connectivity index (χ3v) is 3.90. The molecule has 0 heterocycles. The largest absolute Gasteiger partial charge is 0.493 e. The van der Waals surface area contributed by atoms with Gasteiger partial charge in [-0.1, -0.05) is 17.7 Å². The number of halogens is 1. The summed E-state index contributed by atoms with van der Waals surface area (Å²) in [5.41, 5.74) is 0.337. The van der Waals surface area contributed by atoms with Gasteiger partial charge >= 0.3 is 5.97 Å². The molecule has 2 aromatic rings. The zero-order valence-corrected chi connectivity index (χ0v) is 16.1. The van der Waals surface area contributed by atoms with Crippen LogP contribution in [0.2, 0.25) is 5.02 Å². The van der Waals surface area contributed by atoms with Gasteiger partial charge in [-0.15, -0.1) is 0 Å². The molecule has 0 aliphatic heterocycles. The lowest BCUT2D eigenvalue weighted by atomic mass is 10.1. The van der Waals surface area contributed by atoms with E-state index in [9.17, 15) is 9.59 Å². The van der Waals surface area contributed by atoms with Gasteiger partial charge in [-0.05, 0) is 25.1 Å². The average molecular weight is 394 g/mol. The Hall–Kier alpha value is -2.93. The quantitative estimate of drug-likeness (QED) is 0.724. The molecule has 2 aromatic carbocycles. The Morgan fingerprint density at radius 2 is 1.70 bits per heavy atom. The molecule has 0 aliphatic carbocycles. The highest BCUT2D eigenvalue weighted by Crippen LogP contribution is 2.34. The highest BCUT2D eigenvalue weighted by molar-refractivity contribution is 6.30. The molecule has 2 rings (SSSR count). The molecule has 0 aromatic heterocycles. The Morgan fingerprint density at radius 3 is 2.30 bits per heavy atom. The lowest BCUT2D eigenvalue weighted by molar-refractivity contribution is -0.122. The van der Waals surface area contributed by atoms with Crippen molar-refractivity contribution in [1.82, 2.24) is 0 Å². The van der Waals surface area contributed by atoms with Gasteiger partial charge in [0.2, 0.25) is 0 Å². The summed E-state index contributed by atoms with van der Waals surface area (Å²) in [5.74, 6) is 0.0376. The second kappa shape index (κ2) is 9.14. The molecular formula is C19H20ClNO6. The van der Waals surface area contributed by atoms with Crippen LogP contribution in [-0.4, -0.2) is 39.3 Å². The maximum absolute atomic E-state index is 12.5.